The van der Waals surface area contributed by atoms with Gasteiger partial charge in [-0.2, -0.15) is 0 Å². The second kappa shape index (κ2) is 6.76. The van der Waals surface area contributed by atoms with E-state index in [1.165, 1.54) is 17.5 Å². The Kier molecular flexibility index (Phi) is 5.02. The lowest BCUT2D eigenvalue weighted by Crippen LogP contribution is -2.27. The van der Waals surface area contributed by atoms with Crippen LogP contribution in [0.4, 0.5) is 0 Å². The molecule has 1 saturated heterocycles. The predicted molar refractivity (Wildman–Crippen MR) is 73.2 cm³/mol. The molecule has 0 aromatic heterocycles. The van der Waals surface area contributed by atoms with Gasteiger partial charge in [0.05, 0.1) is 6.61 Å². The van der Waals surface area contributed by atoms with Crippen molar-refractivity contribution in [2.75, 3.05) is 32.9 Å². The highest BCUT2D eigenvalue weighted by Crippen LogP contribution is 2.18. The van der Waals surface area contributed by atoms with Crippen molar-refractivity contribution in [2.24, 2.45) is 5.92 Å². The van der Waals surface area contributed by atoms with Gasteiger partial charge in [-0.05, 0) is 43.4 Å². The van der Waals surface area contributed by atoms with E-state index >= 15 is 0 Å². The van der Waals surface area contributed by atoms with E-state index in [1.54, 1.807) is 0 Å². The first-order chi connectivity index (χ1) is 8.75. The fourth-order valence-corrected chi connectivity index (χ4v) is 2.15. The highest BCUT2D eigenvalue weighted by molar-refractivity contribution is 5.35. The molecular formula is C15H23NO2. The van der Waals surface area contributed by atoms with Crippen molar-refractivity contribution in [1.82, 2.24) is 5.32 Å². The number of aryl methyl sites for hydroxylation is 2. The molecule has 1 aliphatic heterocycles. The summed E-state index contributed by atoms with van der Waals surface area (Å²) in [6, 6.07) is 6.31. The summed E-state index contributed by atoms with van der Waals surface area (Å²) in [7, 11) is 0. The molecule has 3 nitrogen and oxygen atoms in total. The minimum Gasteiger partial charge on any atom is -0.492 e. The third-order valence-corrected chi connectivity index (χ3v) is 3.34. The van der Waals surface area contributed by atoms with Crippen LogP contribution in [0.5, 0.6) is 5.75 Å². The first kappa shape index (κ1) is 13.4. The van der Waals surface area contributed by atoms with E-state index in [1.807, 2.05) is 0 Å². The number of ether oxygens (including phenoxy) is 2. The van der Waals surface area contributed by atoms with E-state index in [0.717, 1.165) is 38.7 Å². The minimum atomic E-state index is 0.686. The van der Waals surface area contributed by atoms with E-state index in [4.69, 9.17) is 9.47 Å². The predicted octanol–water partition coefficient (Wildman–Crippen LogP) is 2.31. The average Bonchev–Trinajstić information content (AvgIpc) is 2.86. The molecule has 2 rings (SSSR count). The Labute approximate surface area is 109 Å². The number of hydrogen-bond acceptors (Lipinski definition) is 3. The van der Waals surface area contributed by atoms with Crippen LogP contribution in [0.1, 0.15) is 17.5 Å². The third kappa shape index (κ3) is 4.00. The van der Waals surface area contributed by atoms with Gasteiger partial charge in [-0.15, -0.1) is 0 Å². The Morgan fingerprint density at radius 2 is 2.28 bits per heavy atom. The fraction of sp³-hybridized carbons (Fsp3) is 0.600. The van der Waals surface area contributed by atoms with Crippen LogP contribution in [0.2, 0.25) is 0 Å². The van der Waals surface area contributed by atoms with Crippen LogP contribution in [0.15, 0.2) is 18.2 Å². The minimum absolute atomic E-state index is 0.686. The second-order valence-electron chi connectivity index (χ2n) is 5.05. The van der Waals surface area contributed by atoms with E-state index in [9.17, 15) is 0 Å². The number of benzene rings is 1. The lowest BCUT2D eigenvalue weighted by Gasteiger charge is -2.12. The standard InChI is InChI=1S/C15H23NO2/c1-12-3-4-13(2)15(9-12)18-8-6-16-10-14-5-7-17-11-14/h3-4,9,14,16H,5-8,10-11H2,1-2H3. The van der Waals surface area contributed by atoms with E-state index in [-0.39, 0.29) is 0 Å². The molecule has 18 heavy (non-hydrogen) atoms. The quantitative estimate of drug-likeness (QED) is 0.785. The van der Waals surface area contributed by atoms with Crippen LogP contribution >= 0.6 is 0 Å². The van der Waals surface area contributed by atoms with E-state index in [0.29, 0.717) is 5.92 Å². The molecule has 0 saturated carbocycles. The summed E-state index contributed by atoms with van der Waals surface area (Å²) in [5, 5.41) is 3.43. The molecule has 0 bridgehead atoms. The molecule has 1 aromatic carbocycles. The Morgan fingerprint density at radius 1 is 1.39 bits per heavy atom. The fourth-order valence-electron chi connectivity index (χ4n) is 2.15. The molecule has 1 N–H and O–H groups in total. The molecule has 0 amide bonds. The lowest BCUT2D eigenvalue weighted by molar-refractivity contribution is 0.185. The molecule has 3 heteroatoms. The topological polar surface area (TPSA) is 30.5 Å². The molecule has 0 radical (unpaired) electrons. The zero-order valence-corrected chi connectivity index (χ0v) is 11.4. The van der Waals surface area contributed by atoms with Crippen LogP contribution in [0.25, 0.3) is 0 Å². The molecule has 1 heterocycles. The maximum atomic E-state index is 5.79. The Morgan fingerprint density at radius 3 is 3.06 bits per heavy atom. The summed E-state index contributed by atoms with van der Waals surface area (Å²) in [5.41, 5.74) is 2.44. The average molecular weight is 249 g/mol. The normalized spacial score (nSPS) is 19.1. The molecule has 0 aliphatic carbocycles. The Hall–Kier alpha value is -1.06. The van der Waals surface area contributed by atoms with Crippen molar-refractivity contribution in [3.63, 3.8) is 0 Å². The summed E-state index contributed by atoms with van der Waals surface area (Å²) in [6.07, 6.45) is 1.19. The maximum Gasteiger partial charge on any atom is 0.122 e. The summed E-state index contributed by atoms with van der Waals surface area (Å²) >= 11 is 0. The number of nitrogens with one attached hydrogen (secondary N) is 1. The number of hydrogen-bond donors (Lipinski definition) is 1. The first-order valence-corrected chi connectivity index (χ1v) is 6.74. The monoisotopic (exact) mass is 249 g/mol. The van der Waals surface area contributed by atoms with Crippen molar-refractivity contribution < 1.29 is 9.47 Å². The van der Waals surface area contributed by atoms with Gasteiger partial charge in [-0.25, -0.2) is 0 Å². The zero-order chi connectivity index (χ0) is 12.8. The highest BCUT2D eigenvalue weighted by Gasteiger charge is 2.14. The first-order valence-electron chi connectivity index (χ1n) is 6.74. The van der Waals surface area contributed by atoms with E-state index in [2.05, 4.69) is 37.4 Å². The van der Waals surface area contributed by atoms with Crippen LogP contribution in [0, 0.1) is 19.8 Å². The van der Waals surface area contributed by atoms with Gasteiger partial charge in [0.1, 0.15) is 12.4 Å². The third-order valence-electron chi connectivity index (χ3n) is 3.34. The smallest absolute Gasteiger partial charge is 0.122 e. The molecule has 1 atom stereocenters. The van der Waals surface area contributed by atoms with Gasteiger partial charge >= 0.3 is 0 Å². The molecule has 100 valence electrons. The lowest BCUT2D eigenvalue weighted by atomic mass is 10.1. The summed E-state index contributed by atoms with van der Waals surface area (Å²) in [6.45, 7) is 8.65. The van der Waals surface area contributed by atoms with Crippen molar-refractivity contribution in [3.05, 3.63) is 29.3 Å². The van der Waals surface area contributed by atoms with Crippen molar-refractivity contribution in [1.29, 1.82) is 0 Å². The van der Waals surface area contributed by atoms with Gasteiger partial charge in [-0.1, -0.05) is 12.1 Å². The van der Waals surface area contributed by atoms with Gasteiger partial charge in [0, 0.05) is 19.7 Å². The molecular weight excluding hydrogens is 226 g/mol. The molecule has 1 aromatic rings. The molecule has 1 aliphatic rings. The van der Waals surface area contributed by atoms with Crippen LogP contribution in [-0.2, 0) is 4.74 Å². The van der Waals surface area contributed by atoms with Gasteiger partial charge in [0.15, 0.2) is 0 Å². The van der Waals surface area contributed by atoms with Gasteiger partial charge < -0.3 is 14.8 Å². The Bertz CT molecular complexity index is 373. The van der Waals surface area contributed by atoms with Crippen LogP contribution in [-0.4, -0.2) is 32.9 Å². The molecule has 1 fully saturated rings. The highest BCUT2D eigenvalue weighted by atomic mass is 16.5. The SMILES string of the molecule is Cc1ccc(C)c(OCCNCC2CCOC2)c1. The Balaban J connectivity index is 1.64. The van der Waals surface area contributed by atoms with Gasteiger partial charge in [-0.3, -0.25) is 0 Å². The van der Waals surface area contributed by atoms with Gasteiger partial charge in [0.2, 0.25) is 0 Å². The summed E-state index contributed by atoms with van der Waals surface area (Å²) in [5.74, 6) is 1.69. The van der Waals surface area contributed by atoms with E-state index < -0.39 is 0 Å². The van der Waals surface area contributed by atoms with Crippen molar-refractivity contribution >= 4 is 0 Å². The molecule has 1 unspecified atom stereocenters. The van der Waals surface area contributed by atoms with Crippen LogP contribution < -0.4 is 10.1 Å². The largest absolute Gasteiger partial charge is 0.492 e. The van der Waals surface area contributed by atoms with Crippen molar-refractivity contribution in [2.45, 2.75) is 20.3 Å². The van der Waals surface area contributed by atoms with Crippen LogP contribution in [0.3, 0.4) is 0 Å². The van der Waals surface area contributed by atoms with Crippen molar-refractivity contribution in [3.8, 4) is 5.75 Å². The summed E-state index contributed by atoms with van der Waals surface area (Å²) < 4.78 is 11.1. The number of rotatable bonds is 6. The molecule has 0 spiro atoms. The maximum absolute atomic E-state index is 5.79. The second-order valence-corrected chi connectivity index (χ2v) is 5.05. The van der Waals surface area contributed by atoms with Gasteiger partial charge in [0.25, 0.3) is 0 Å². The zero-order valence-electron chi connectivity index (χ0n) is 11.4. The summed E-state index contributed by atoms with van der Waals surface area (Å²) in [4.78, 5) is 0.